The Hall–Kier alpha value is -6.10. The van der Waals surface area contributed by atoms with E-state index in [1.807, 2.05) is 0 Å². The van der Waals surface area contributed by atoms with Crippen LogP contribution < -0.4 is 0 Å². The maximum absolute atomic E-state index is 13.1. The minimum Gasteiger partial charge on any atom is -0.462 e. The molecule has 0 aliphatic rings. The molecule has 0 aliphatic carbocycles. The molecule has 19 heteroatoms. The van der Waals surface area contributed by atoms with Crippen LogP contribution in [0.2, 0.25) is 0 Å². The van der Waals surface area contributed by atoms with Crippen LogP contribution in [-0.4, -0.2) is 96.7 Å². The standard InChI is InChI=1S/C91H146O17P2/c1-5-9-13-17-21-25-29-33-37-40-42-45-48-51-55-59-63-67-71-75-88(93)101-81-86(107-90(95)77-73-69-65-61-57-53-47-36-32-28-24-20-16-12-8-4)83-105-109(97,98)103-79-85(92)80-104-110(99,100)106-84-87(108-91(96)78-74-70-66-62-58-54-50-44-39-35-31-27-23-19-15-11-7-3)82-102-89(94)76-72-68-64-60-56-52-49-46-43-41-38-34-30-26-22-18-14-10-6-2/h10-12,14-16,21-28,33-39,42-43,45-47,50,52,54,56-57,61,85-87,92H,5-9,13,17-20,29-32,40-41,44,48-49,51,53,55,58-60,62-84H2,1-4H3,(H,97,98)(H,99,100)/b14-10-,15-11-,16-12-,25-21-,26-22-,27-23-,28-24-,37-33-,38-34-,39-35-,45-42-,46-43-,47-36-,54-50-,56-52-,61-57-. The molecule has 0 aliphatic heterocycles. The highest BCUT2D eigenvalue weighted by Gasteiger charge is 2.30. The lowest BCUT2D eigenvalue weighted by Gasteiger charge is -2.21. The Labute approximate surface area is 666 Å². The molecule has 0 spiro atoms. The summed E-state index contributed by atoms with van der Waals surface area (Å²) in [7, 11) is -10.0. The molecule has 5 unspecified atom stereocenters. The molecule has 0 bridgehead atoms. The van der Waals surface area contributed by atoms with Crippen molar-refractivity contribution >= 4 is 39.5 Å². The Balaban J connectivity index is 5.49. The quantitative estimate of drug-likeness (QED) is 0.0169. The summed E-state index contributed by atoms with van der Waals surface area (Å²) in [4.78, 5) is 73.2. The molecule has 3 N–H and O–H groups in total. The van der Waals surface area contributed by atoms with Crippen LogP contribution in [0.5, 0.6) is 0 Å². The highest BCUT2D eigenvalue weighted by atomic mass is 31.2. The van der Waals surface area contributed by atoms with Crippen LogP contribution in [0, 0.1) is 0 Å². The molecule has 110 heavy (non-hydrogen) atoms. The first-order valence-corrected chi connectivity index (χ1v) is 44.7. The molecule has 0 aromatic carbocycles. The molecule has 0 radical (unpaired) electrons. The number of allylic oxidation sites excluding steroid dienone is 32. The Bertz CT molecular complexity index is 2850. The van der Waals surface area contributed by atoms with Crippen molar-refractivity contribution in [1.29, 1.82) is 0 Å². The molecule has 0 aromatic heterocycles. The van der Waals surface area contributed by atoms with E-state index in [-0.39, 0.29) is 25.7 Å². The first kappa shape index (κ1) is 104. The van der Waals surface area contributed by atoms with Gasteiger partial charge >= 0.3 is 39.5 Å². The van der Waals surface area contributed by atoms with E-state index in [0.717, 1.165) is 193 Å². The van der Waals surface area contributed by atoms with E-state index in [2.05, 4.69) is 222 Å². The van der Waals surface area contributed by atoms with Gasteiger partial charge in [-0.15, -0.1) is 0 Å². The third-order valence-electron chi connectivity index (χ3n) is 16.5. The monoisotopic (exact) mass is 1570 g/mol. The van der Waals surface area contributed by atoms with Crippen LogP contribution in [0.4, 0.5) is 0 Å². The highest BCUT2D eigenvalue weighted by molar-refractivity contribution is 7.47. The summed E-state index contributed by atoms with van der Waals surface area (Å²) in [5.41, 5.74) is 0. The summed E-state index contributed by atoms with van der Waals surface area (Å²) in [6.07, 6.45) is 99.7. The lowest BCUT2D eigenvalue weighted by molar-refractivity contribution is -0.161. The van der Waals surface area contributed by atoms with Crippen LogP contribution >= 0.6 is 15.6 Å². The molecule has 0 aromatic rings. The number of hydrogen-bond acceptors (Lipinski definition) is 15. The maximum atomic E-state index is 13.1. The Morgan fingerprint density at radius 2 is 0.473 bits per heavy atom. The average Bonchev–Trinajstić information content (AvgIpc) is 0.906. The second-order valence-corrected chi connectivity index (χ2v) is 29.8. The van der Waals surface area contributed by atoms with E-state index in [1.54, 1.807) is 0 Å². The molecular formula is C91H146O17P2. The molecule has 0 heterocycles. The van der Waals surface area contributed by atoms with Gasteiger partial charge in [0.25, 0.3) is 0 Å². The molecule has 0 saturated carbocycles. The molecule has 0 fully saturated rings. The first-order valence-electron chi connectivity index (χ1n) is 41.7. The lowest BCUT2D eigenvalue weighted by atomic mass is 10.1. The van der Waals surface area contributed by atoms with Gasteiger partial charge in [0.15, 0.2) is 12.2 Å². The van der Waals surface area contributed by atoms with Crippen LogP contribution in [0.3, 0.4) is 0 Å². The van der Waals surface area contributed by atoms with Gasteiger partial charge in [-0.1, -0.05) is 280 Å². The summed E-state index contributed by atoms with van der Waals surface area (Å²) in [5, 5.41) is 10.7. The van der Waals surface area contributed by atoms with E-state index < -0.39 is 97.5 Å². The van der Waals surface area contributed by atoms with Gasteiger partial charge in [0, 0.05) is 25.7 Å². The third-order valence-corrected chi connectivity index (χ3v) is 18.4. The van der Waals surface area contributed by atoms with Gasteiger partial charge in [-0.25, -0.2) is 9.13 Å². The lowest BCUT2D eigenvalue weighted by Crippen LogP contribution is -2.30. The zero-order chi connectivity index (χ0) is 80.3. The fraction of sp³-hybridized carbons (Fsp3) is 0.604. The molecule has 5 atom stereocenters. The number of ether oxygens (including phenoxy) is 4. The zero-order valence-electron chi connectivity index (χ0n) is 68.1. The van der Waals surface area contributed by atoms with Gasteiger partial charge in [-0.2, -0.15) is 0 Å². The largest absolute Gasteiger partial charge is 0.472 e. The number of unbranched alkanes of at least 4 members (excludes halogenated alkanes) is 18. The number of carbonyl (C=O) groups excluding carboxylic acids is 4. The fourth-order valence-electron chi connectivity index (χ4n) is 10.3. The molecule has 0 saturated heterocycles. The average molecular weight is 1570 g/mol. The molecular weight excluding hydrogens is 1430 g/mol. The summed E-state index contributed by atoms with van der Waals surface area (Å²) in [5.74, 6) is -2.32. The van der Waals surface area contributed by atoms with E-state index >= 15 is 0 Å². The maximum Gasteiger partial charge on any atom is 0.472 e. The normalized spacial score (nSPS) is 14.8. The van der Waals surface area contributed by atoms with Gasteiger partial charge in [0.1, 0.15) is 19.3 Å². The molecule has 0 amide bonds. The van der Waals surface area contributed by atoms with E-state index in [0.29, 0.717) is 32.1 Å². The van der Waals surface area contributed by atoms with Crippen molar-refractivity contribution in [3.63, 3.8) is 0 Å². The third kappa shape index (κ3) is 80.0. The van der Waals surface area contributed by atoms with Crippen LogP contribution in [0.25, 0.3) is 0 Å². The van der Waals surface area contributed by atoms with Crippen molar-refractivity contribution in [1.82, 2.24) is 0 Å². The number of esters is 4. The van der Waals surface area contributed by atoms with Gasteiger partial charge in [-0.05, 0) is 186 Å². The molecule has 0 rings (SSSR count). The zero-order valence-corrected chi connectivity index (χ0v) is 69.9. The van der Waals surface area contributed by atoms with Gasteiger partial charge in [-0.3, -0.25) is 37.3 Å². The number of hydrogen-bond donors (Lipinski definition) is 3. The van der Waals surface area contributed by atoms with E-state index in [4.69, 9.17) is 37.0 Å². The summed E-state index contributed by atoms with van der Waals surface area (Å²) in [6, 6.07) is 0. The van der Waals surface area contributed by atoms with Crippen molar-refractivity contribution < 1.29 is 80.2 Å². The topological polar surface area (TPSA) is 237 Å². The summed E-state index contributed by atoms with van der Waals surface area (Å²) >= 11 is 0. The summed E-state index contributed by atoms with van der Waals surface area (Å²) < 4.78 is 68.7. The Kier molecular flexibility index (Phi) is 76.4. The van der Waals surface area contributed by atoms with Crippen molar-refractivity contribution in [3.8, 4) is 0 Å². The minimum atomic E-state index is -5.01. The van der Waals surface area contributed by atoms with Crippen LogP contribution in [0.15, 0.2) is 194 Å². The SMILES string of the molecule is CC/C=C\C/C=C\C/C=C\C/C=C\C/C=C\CCCCCC(=O)OCC(COP(=O)(O)OCC(O)COP(=O)(O)OCC(COC(=O)CCCCCCCC/C=C\C/C=C\C/C=C\CCCCC)OC(=O)CCCC/C=C\C/C=C\C/C=C\C/C=C\CC)OC(=O)CCCCCC/C=C\C/C=C\C/C=C\C/C=C\CC. The predicted octanol–water partition coefficient (Wildman–Crippen LogP) is 24.9. The van der Waals surface area contributed by atoms with Crippen LogP contribution in [-0.2, 0) is 65.4 Å². The molecule has 17 nitrogen and oxygen atoms in total. The fourth-order valence-corrected chi connectivity index (χ4v) is 11.9. The van der Waals surface area contributed by atoms with Crippen LogP contribution in [0.1, 0.15) is 297 Å². The van der Waals surface area contributed by atoms with Crippen molar-refractivity contribution in [3.05, 3.63) is 194 Å². The number of aliphatic hydroxyl groups excluding tert-OH is 1. The number of phosphoric ester groups is 2. The Morgan fingerprint density at radius 3 is 0.755 bits per heavy atom. The minimum absolute atomic E-state index is 0.0312. The second-order valence-electron chi connectivity index (χ2n) is 26.9. The smallest absolute Gasteiger partial charge is 0.462 e. The first-order chi connectivity index (χ1) is 53.7. The Morgan fingerprint density at radius 1 is 0.264 bits per heavy atom. The van der Waals surface area contributed by atoms with Crippen molar-refractivity contribution in [2.45, 2.75) is 316 Å². The number of aliphatic hydroxyl groups is 1. The number of rotatable bonds is 76. The molecule has 622 valence electrons. The van der Waals surface area contributed by atoms with E-state index in [9.17, 15) is 43.2 Å². The van der Waals surface area contributed by atoms with Gasteiger partial charge < -0.3 is 33.8 Å². The van der Waals surface area contributed by atoms with Gasteiger partial charge in [0.05, 0.1) is 26.4 Å². The number of carbonyl (C=O) groups is 4. The van der Waals surface area contributed by atoms with Crippen molar-refractivity contribution in [2.24, 2.45) is 0 Å². The number of phosphoric acid groups is 2. The summed E-state index contributed by atoms with van der Waals surface area (Å²) in [6.45, 7) is 4.36. The second kappa shape index (κ2) is 80.9. The predicted molar refractivity (Wildman–Crippen MR) is 454 cm³/mol. The van der Waals surface area contributed by atoms with Gasteiger partial charge in [0.2, 0.25) is 0 Å². The van der Waals surface area contributed by atoms with Crippen molar-refractivity contribution in [2.75, 3.05) is 39.6 Å². The highest BCUT2D eigenvalue weighted by Crippen LogP contribution is 2.45. The van der Waals surface area contributed by atoms with E-state index in [1.165, 1.54) is 19.3 Å².